The van der Waals surface area contributed by atoms with Crippen molar-refractivity contribution in [2.45, 2.75) is 70.4 Å². The van der Waals surface area contributed by atoms with Crippen molar-refractivity contribution in [3.05, 3.63) is 57.6 Å². The Kier molecular flexibility index (Phi) is 8.49. The number of fused-ring (bicyclic) bond motifs is 1. The number of nitrogens with zero attached hydrogens (tertiary/aromatic N) is 2. The van der Waals surface area contributed by atoms with Crippen LogP contribution in [0.15, 0.2) is 46.0 Å². The lowest BCUT2D eigenvalue weighted by Gasteiger charge is -2.20. The largest absolute Gasteiger partial charge is 0.431 e. The van der Waals surface area contributed by atoms with Crippen LogP contribution < -0.4 is 5.32 Å². The molecule has 1 N–H and O–H groups in total. The van der Waals surface area contributed by atoms with Crippen molar-refractivity contribution in [3.8, 4) is 0 Å². The number of carbonyl (C=O) groups excluding carboxylic acids is 1. The summed E-state index contributed by atoms with van der Waals surface area (Å²) in [6, 6.07) is 10.7. The zero-order valence-electron chi connectivity index (χ0n) is 19.6. The van der Waals surface area contributed by atoms with Gasteiger partial charge in [-0.2, -0.15) is 0 Å². The lowest BCUT2D eigenvalue weighted by Crippen LogP contribution is -2.15. The fourth-order valence-electron chi connectivity index (χ4n) is 3.69. The van der Waals surface area contributed by atoms with E-state index in [9.17, 15) is 14.9 Å². The maximum absolute atomic E-state index is 12.6. The highest BCUT2D eigenvalue weighted by Gasteiger charge is 2.16. The van der Waals surface area contributed by atoms with Crippen LogP contribution in [0.4, 0.5) is 11.4 Å². The van der Waals surface area contributed by atoms with Crippen LogP contribution in [0, 0.1) is 10.1 Å². The molecule has 2 aromatic carbocycles. The SMILES string of the molecule is CC(C)c1cccc(C(C)C)c1NC(=O)CCCCCSc1nc2cc([N+](=O)[O-])ccc2o1. The van der Waals surface area contributed by atoms with E-state index < -0.39 is 4.92 Å². The highest BCUT2D eigenvalue weighted by atomic mass is 32.2. The van der Waals surface area contributed by atoms with E-state index in [1.54, 1.807) is 6.07 Å². The van der Waals surface area contributed by atoms with Gasteiger partial charge in [0.15, 0.2) is 5.58 Å². The number of nitro groups is 1. The highest BCUT2D eigenvalue weighted by molar-refractivity contribution is 7.99. The third kappa shape index (κ3) is 6.57. The first-order valence-electron chi connectivity index (χ1n) is 11.4. The molecule has 33 heavy (non-hydrogen) atoms. The van der Waals surface area contributed by atoms with Crippen molar-refractivity contribution in [1.82, 2.24) is 4.98 Å². The molecule has 1 heterocycles. The number of thioether (sulfide) groups is 1. The highest BCUT2D eigenvalue weighted by Crippen LogP contribution is 2.32. The number of anilines is 1. The molecule has 176 valence electrons. The van der Waals surface area contributed by atoms with Crippen molar-refractivity contribution in [3.63, 3.8) is 0 Å². The van der Waals surface area contributed by atoms with Gasteiger partial charge in [0.2, 0.25) is 5.91 Å². The van der Waals surface area contributed by atoms with E-state index in [0.29, 0.717) is 34.6 Å². The van der Waals surface area contributed by atoms with Gasteiger partial charge in [0.1, 0.15) is 5.52 Å². The van der Waals surface area contributed by atoms with Crippen molar-refractivity contribution < 1.29 is 14.1 Å². The van der Waals surface area contributed by atoms with Gasteiger partial charge in [-0.25, -0.2) is 4.98 Å². The summed E-state index contributed by atoms with van der Waals surface area (Å²) in [5.74, 6) is 1.55. The molecule has 0 saturated carbocycles. The summed E-state index contributed by atoms with van der Waals surface area (Å²) in [7, 11) is 0. The van der Waals surface area contributed by atoms with Crippen LogP contribution in [0.25, 0.3) is 11.1 Å². The van der Waals surface area contributed by atoms with Crippen LogP contribution in [-0.4, -0.2) is 21.6 Å². The van der Waals surface area contributed by atoms with E-state index >= 15 is 0 Å². The second-order valence-electron chi connectivity index (χ2n) is 8.72. The van der Waals surface area contributed by atoms with Gasteiger partial charge in [-0.1, -0.05) is 64.1 Å². The van der Waals surface area contributed by atoms with Gasteiger partial charge in [0.25, 0.3) is 10.9 Å². The molecule has 0 fully saturated rings. The number of nitrogens with one attached hydrogen (secondary N) is 1. The van der Waals surface area contributed by atoms with Crippen LogP contribution in [-0.2, 0) is 4.79 Å². The Balaban J connectivity index is 1.44. The Morgan fingerprint density at radius 1 is 1.09 bits per heavy atom. The Hall–Kier alpha value is -2.87. The van der Waals surface area contributed by atoms with E-state index in [0.717, 1.165) is 30.7 Å². The molecule has 0 aliphatic rings. The smallest absolute Gasteiger partial charge is 0.271 e. The van der Waals surface area contributed by atoms with E-state index in [-0.39, 0.29) is 11.6 Å². The fourth-order valence-corrected chi connectivity index (χ4v) is 4.53. The minimum Gasteiger partial charge on any atom is -0.431 e. The molecular formula is C25H31N3O4S. The second kappa shape index (κ2) is 11.3. The summed E-state index contributed by atoms with van der Waals surface area (Å²) in [5.41, 5.74) is 4.36. The van der Waals surface area contributed by atoms with Crippen LogP contribution in [0.2, 0.25) is 0 Å². The summed E-state index contributed by atoms with van der Waals surface area (Å²) in [5, 5.41) is 14.6. The minimum atomic E-state index is -0.442. The van der Waals surface area contributed by atoms with Crippen molar-refractivity contribution in [1.29, 1.82) is 0 Å². The lowest BCUT2D eigenvalue weighted by molar-refractivity contribution is -0.384. The zero-order valence-corrected chi connectivity index (χ0v) is 20.4. The number of oxazole rings is 1. The predicted octanol–water partition coefficient (Wildman–Crippen LogP) is 7.27. The summed E-state index contributed by atoms with van der Waals surface area (Å²) in [6.07, 6.45) is 3.15. The van der Waals surface area contributed by atoms with E-state index in [1.165, 1.54) is 35.0 Å². The first-order valence-corrected chi connectivity index (χ1v) is 12.3. The maximum Gasteiger partial charge on any atom is 0.271 e. The minimum absolute atomic E-state index is 0.00200. The topological polar surface area (TPSA) is 98.3 Å². The van der Waals surface area contributed by atoms with Gasteiger partial charge in [-0.15, -0.1) is 0 Å². The first-order chi connectivity index (χ1) is 15.8. The average molecular weight is 470 g/mol. The summed E-state index contributed by atoms with van der Waals surface area (Å²) < 4.78 is 5.64. The number of nitro benzene ring substituents is 1. The Labute approximate surface area is 198 Å². The molecule has 3 rings (SSSR count). The lowest BCUT2D eigenvalue weighted by atomic mass is 9.92. The molecule has 1 aromatic heterocycles. The number of aromatic nitrogens is 1. The van der Waals surface area contributed by atoms with E-state index in [4.69, 9.17) is 4.42 Å². The molecule has 0 bridgehead atoms. The Morgan fingerprint density at radius 2 is 1.79 bits per heavy atom. The number of para-hydroxylation sites is 1. The molecule has 0 atom stereocenters. The number of benzene rings is 2. The first kappa shape index (κ1) is 24.8. The molecule has 1 amide bonds. The number of unbranched alkanes of at least 4 members (excludes halogenated alkanes) is 2. The van der Waals surface area contributed by atoms with Crippen molar-refractivity contribution in [2.24, 2.45) is 0 Å². The molecule has 0 spiro atoms. The van der Waals surface area contributed by atoms with Crippen LogP contribution in [0.5, 0.6) is 0 Å². The number of carbonyl (C=O) groups is 1. The monoisotopic (exact) mass is 469 g/mol. The zero-order chi connectivity index (χ0) is 24.0. The van der Waals surface area contributed by atoms with Crippen LogP contribution in [0.3, 0.4) is 0 Å². The molecule has 0 radical (unpaired) electrons. The van der Waals surface area contributed by atoms with Gasteiger partial charge >= 0.3 is 0 Å². The number of non-ortho nitro benzene ring substituents is 1. The predicted molar refractivity (Wildman–Crippen MR) is 133 cm³/mol. The van der Waals surface area contributed by atoms with E-state index in [1.807, 2.05) is 0 Å². The molecule has 3 aromatic rings. The van der Waals surface area contributed by atoms with Gasteiger partial charge in [-0.3, -0.25) is 14.9 Å². The normalized spacial score (nSPS) is 11.5. The van der Waals surface area contributed by atoms with Crippen molar-refractivity contribution >= 4 is 40.1 Å². The third-order valence-electron chi connectivity index (χ3n) is 5.47. The number of hydrogen-bond acceptors (Lipinski definition) is 6. The van der Waals surface area contributed by atoms with Crippen LogP contribution in [0.1, 0.15) is 76.3 Å². The number of amides is 1. The van der Waals surface area contributed by atoms with Crippen molar-refractivity contribution in [2.75, 3.05) is 11.1 Å². The van der Waals surface area contributed by atoms with Crippen LogP contribution >= 0.6 is 11.8 Å². The van der Waals surface area contributed by atoms with E-state index in [2.05, 4.69) is 56.2 Å². The molecule has 8 heteroatoms. The van der Waals surface area contributed by atoms with Gasteiger partial charge in [0, 0.05) is 30.0 Å². The molecule has 0 aliphatic carbocycles. The van der Waals surface area contributed by atoms with Gasteiger partial charge < -0.3 is 9.73 Å². The molecular weight excluding hydrogens is 438 g/mol. The summed E-state index contributed by atoms with van der Waals surface area (Å²) in [4.78, 5) is 27.4. The summed E-state index contributed by atoms with van der Waals surface area (Å²) in [6.45, 7) is 8.57. The fraction of sp³-hybridized carbons (Fsp3) is 0.440. The number of hydrogen-bond donors (Lipinski definition) is 1. The standard InChI is InChI=1S/C25H31N3O4S/c1-16(2)19-9-8-10-20(17(3)4)24(19)27-23(29)11-6-5-7-14-33-25-26-21-15-18(28(30)31)12-13-22(21)32-25/h8-10,12-13,15-17H,5-7,11,14H2,1-4H3,(H,27,29). The summed E-state index contributed by atoms with van der Waals surface area (Å²) >= 11 is 1.48. The molecule has 7 nitrogen and oxygen atoms in total. The Morgan fingerprint density at radius 3 is 2.42 bits per heavy atom. The quantitative estimate of drug-likeness (QED) is 0.137. The molecule has 0 aliphatic heterocycles. The molecule has 0 saturated heterocycles. The average Bonchev–Trinajstić information content (AvgIpc) is 3.17. The second-order valence-corrected chi connectivity index (χ2v) is 9.76. The van der Waals surface area contributed by atoms with Gasteiger partial charge in [-0.05, 0) is 41.9 Å². The maximum atomic E-state index is 12.6. The van der Waals surface area contributed by atoms with Gasteiger partial charge in [0.05, 0.1) is 4.92 Å². The Bertz CT molecular complexity index is 1100. The molecule has 0 unspecified atom stereocenters. The number of rotatable bonds is 11. The third-order valence-corrected chi connectivity index (χ3v) is 6.39.